The number of para-hydroxylation sites is 1. The third-order valence-corrected chi connectivity index (χ3v) is 6.90. The highest BCUT2D eigenvalue weighted by atomic mass is 31.2. The smallest absolute Gasteiger partial charge is 0.459 e. The summed E-state index contributed by atoms with van der Waals surface area (Å²) in [5.41, 5.74) is 2.25. The fourth-order valence-electron chi connectivity index (χ4n) is 3.45. The van der Waals surface area contributed by atoms with Crippen molar-refractivity contribution in [2.45, 2.75) is 57.0 Å². The third kappa shape index (κ3) is 6.56. The fraction of sp³-hybridized carbons (Fsp3) is 0.435. The van der Waals surface area contributed by atoms with Gasteiger partial charge in [-0.3, -0.25) is 13.9 Å². The molecule has 2 aromatic rings. The van der Waals surface area contributed by atoms with Crippen LogP contribution in [0.4, 0.5) is 5.82 Å². The quantitative estimate of drug-likeness (QED) is 0.188. The summed E-state index contributed by atoms with van der Waals surface area (Å²) in [5, 5.41) is 24.2. The molecule has 0 bridgehead atoms. The summed E-state index contributed by atoms with van der Waals surface area (Å²) in [4.78, 5) is 28.2. The van der Waals surface area contributed by atoms with Crippen LogP contribution in [0.3, 0.4) is 0 Å². The number of ether oxygens (including phenoxy) is 2. The van der Waals surface area contributed by atoms with Crippen LogP contribution in [0.5, 0.6) is 5.75 Å². The van der Waals surface area contributed by atoms with Crippen molar-refractivity contribution in [3.05, 3.63) is 53.1 Å². The number of terminal acetylenes is 1. The van der Waals surface area contributed by atoms with E-state index in [1.54, 1.807) is 32.0 Å². The van der Waals surface area contributed by atoms with Gasteiger partial charge in [-0.25, -0.2) is 9.36 Å². The Hall–Kier alpha value is -3.24. The molecule has 13 nitrogen and oxygen atoms in total. The number of esters is 1. The highest BCUT2D eigenvalue weighted by molar-refractivity contribution is 7.52. The minimum Gasteiger partial charge on any atom is -0.462 e. The van der Waals surface area contributed by atoms with E-state index in [1.807, 2.05) is 5.92 Å². The van der Waals surface area contributed by atoms with Crippen molar-refractivity contribution in [2.75, 3.05) is 12.3 Å². The Morgan fingerprint density at radius 2 is 2.03 bits per heavy atom. The van der Waals surface area contributed by atoms with Crippen molar-refractivity contribution in [1.82, 2.24) is 14.6 Å². The number of carbonyl (C=O) groups excluding carboxylic acids is 1. The lowest BCUT2D eigenvalue weighted by Crippen LogP contribution is -2.47. The lowest BCUT2D eigenvalue weighted by atomic mass is 9.95. The Balaban J connectivity index is 1.83. The second-order valence-electron chi connectivity index (χ2n) is 8.52. The predicted octanol–water partition coefficient (Wildman–Crippen LogP) is 0.581. The largest absolute Gasteiger partial charge is 0.462 e. The normalized spacial score (nSPS) is 25.7. The van der Waals surface area contributed by atoms with Crippen molar-refractivity contribution in [2.24, 2.45) is 0 Å². The molecule has 3 rings (SSSR count). The zero-order valence-corrected chi connectivity index (χ0v) is 21.3. The van der Waals surface area contributed by atoms with Gasteiger partial charge < -0.3 is 29.9 Å². The van der Waals surface area contributed by atoms with Crippen LogP contribution in [-0.4, -0.2) is 62.3 Å². The number of nitrogens with two attached hydrogens (primary N) is 1. The second-order valence-corrected chi connectivity index (χ2v) is 10.2. The molecule has 0 amide bonds. The molecular formula is C23H29N4O9P. The maximum absolute atomic E-state index is 13.6. The lowest BCUT2D eigenvalue weighted by molar-refractivity contribution is -0.149. The first-order valence-electron chi connectivity index (χ1n) is 11.2. The Morgan fingerprint density at radius 3 is 2.62 bits per heavy atom. The summed E-state index contributed by atoms with van der Waals surface area (Å²) >= 11 is 0. The van der Waals surface area contributed by atoms with Crippen molar-refractivity contribution in [3.8, 4) is 18.1 Å². The molecular weight excluding hydrogens is 507 g/mol. The van der Waals surface area contributed by atoms with Gasteiger partial charge in [0.2, 0.25) is 0 Å². The molecule has 1 aromatic heterocycles. The van der Waals surface area contributed by atoms with Crippen molar-refractivity contribution < 1.29 is 38.1 Å². The number of hydrogen-bond acceptors (Lipinski definition) is 11. The number of benzene rings is 1. The Kier molecular flexibility index (Phi) is 8.76. The molecule has 0 aliphatic carbocycles. The maximum atomic E-state index is 13.6. The molecule has 1 saturated heterocycles. The van der Waals surface area contributed by atoms with Gasteiger partial charge in [0.05, 0.1) is 12.7 Å². The zero-order chi connectivity index (χ0) is 27.4. The Bertz CT molecular complexity index is 1250. The molecule has 0 spiro atoms. The molecule has 200 valence electrons. The molecule has 1 aliphatic heterocycles. The molecule has 37 heavy (non-hydrogen) atoms. The topological polar surface area (TPSA) is 184 Å². The molecule has 1 aromatic carbocycles. The number of aliphatic hydroxyl groups excluding tert-OH is 1. The molecule has 5 N–H and O–H groups in total. The first kappa shape index (κ1) is 28.3. The van der Waals surface area contributed by atoms with Gasteiger partial charge in [-0.05, 0) is 39.0 Å². The van der Waals surface area contributed by atoms with Crippen LogP contribution in [0.25, 0.3) is 0 Å². The van der Waals surface area contributed by atoms with Gasteiger partial charge in [-0.1, -0.05) is 24.1 Å². The van der Waals surface area contributed by atoms with E-state index >= 15 is 0 Å². The fourth-order valence-corrected chi connectivity index (χ4v) is 4.95. The van der Waals surface area contributed by atoms with Crippen LogP contribution in [0.15, 0.2) is 47.4 Å². The minimum atomic E-state index is -4.30. The highest BCUT2D eigenvalue weighted by Crippen LogP contribution is 2.46. The van der Waals surface area contributed by atoms with Gasteiger partial charge in [-0.2, -0.15) is 10.1 Å². The summed E-state index contributed by atoms with van der Waals surface area (Å²) in [5.74, 6) is 1.43. The zero-order valence-electron chi connectivity index (χ0n) is 20.4. The van der Waals surface area contributed by atoms with Gasteiger partial charge in [0.1, 0.15) is 29.8 Å². The number of rotatable bonds is 10. The Labute approximate surface area is 213 Å². The van der Waals surface area contributed by atoms with Crippen LogP contribution in [0, 0.1) is 12.3 Å². The third-order valence-electron chi connectivity index (χ3n) is 5.25. The van der Waals surface area contributed by atoms with E-state index in [-0.39, 0.29) is 11.6 Å². The second kappa shape index (κ2) is 11.4. The van der Waals surface area contributed by atoms with E-state index in [0.29, 0.717) is 0 Å². The monoisotopic (exact) mass is 536 g/mol. The number of nitrogens with zero attached hydrogens (tertiary/aromatic N) is 2. The van der Waals surface area contributed by atoms with E-state index in [0.717, 1.165) is 4.57 Å². The number of aliphatic hydroxyl groups is 2. The first-order valence-corrected chi connectivity index (χ1v) is 12.8. The Morgan fingerprint density at radius 1 is 1.35 bits per heavy atom. The van der Waals surface area contributed by atoms with E-state index in [1.165, 1.54) is 31.3 Å². The van der Waals surface area contributed by atoms with Crippen LogP contribution < -0.4 is 21.0 Å². The van der Waals surface area contributed by atoms with Crippen LogP contribution in [0.2, 0.25) is 0 Å². The van der Waals surface area contributed by atoms with Crippen molar-refractivity contribution in [3.63, 3.8) is 0 Å². The number of carbonyl (C=O) groups is 1. The summed E-state index contributed by atoms with van der Waals surface area (Å²) in [6.07, 6.45) is 1.53. The van der Waals surface area contributed by atoms with E-state index in [2.05, 4.69) is 10.1 Å². The van der Waals surface area contributed by atoms with E-state index in [4.69, 9.17) is 30.7 Å². The summed E-state index contributed by atoms with van der Waals surface area (Å²) < 4.78 is 36.3. The number of nitrogen functional groups attached to an aromatic ring is 1. The molecule has 1 aliphatic rings. The van der Waals surface area contributed by atoms with Crippen molar-refractivity contribution in [1.29, 1.82) is 0 Å². The average Bonchev–Trinajstić information content (AvgIpc) is 3.08. The number of anilines is 1. The van der Waals surface area contributed by atoms with Gasteiger partial charge >= 0.3 is 19.4 Å². The highest BCUT2D eigenvalue weighted by Gasteiger charge is 2.56. The summed E-state index contributed by atoms with van der Waals surface area (Å²) in [7, 11) is -4.30. The molecule has 0 saturated carbocycles. The standard InChI is InChI=1S/C23H29N4O9P/c1-5-23(31)19(28)17(35-21(23)27-12-11-18(24)25-22(27)30)13-33-37(32,36-16-9-7-6-8-10-16)26-15(4)20(29)34-14(2)3/h1,6-12,14-15,17,19,21,28,31H,13H2,2-4H3,(H,26,32)(H2,24,25,30). The van der Waals surface area contributed by atoms with E-state index < -0.39 is 62.2 Å². The number of hydrogen-bond donors (Lipinski definition) is 4. The minimum absolute atomic E-state index is 0.0703. The molecule has 6 unspecified atom stereocenters. The van der Waals surface area contributed by atoms with Crippen LogP contribution >= 0.6 is 7.75 Å². The average molecular weight is 536 g/mol. The summed E-state index contributed by atoms with van der Waals surface area (Å²) in [6.45, 7) is 4.10. The number of nitrogens with one attached hydrogen (secondary N) is 1. The molecule has 2 heterocycles. The molecule has 6 atom stereocenters. The molecule has 0 radical (unpaired) electrons. The summed E-state index contributed by atoms with van der Waals surface area (Å²) in [6, 6.07) is 8.19. The number of aromatic nitrogens is 2. The lowest BCUT2D eigenvalue weighted by Gasteiger charge is -2.26. The van der Waals surface area contributed by atoms with E-state index in [9.17, 15) is 24.4 Å². The molecule has 14 heteroatoms. The van der Waals surface area contributed by atoms with Gasteiger partial charge in [0, 0.05) is 6.20 Å². The van der Waals surface area contributed by atoms with Gasteiger partial charge in [0.25, 0.3) is 0 Å². The van der Waals surface area contributed by atoms with Crippen molar-refractivity contribution >= 4 is 19.5 Å². The SMILES string of the molecule is C#CC1(O)C(O)C(COP(=O)(NC(C)C(=O)OC(C)C)Oc2ccccc2)OC1n1ccc(N)nc1=O. The maximum Gasteiger partial charge on any atom is 0.459 e. The van der Waals surface area contributed by atoms with Crippen LogP contribution in [-0.2, 0) is 23.4 Å². The first-order chi connectivity index (χ1) is 17.4. The van der Waals surface area contributed by atoms with Crippen LogP contribution in [0.1, 0.15) is 27.0 Å². The van der Waals surface area contributed by atoms with Gasteiger partial charge in [-0.15, -0.1) is 6.42 Å². The van der Waals surface area contributed by atoms with Gasteiger partial charge in [0.15, 0.2) is 11.8 Å². The molecule has 1 fully saturated rings. The predicted molar refractivity (Wildman–Crippen MR) is 131 cm³/mol.